The molecule has 0 unspecified atom stereocenters. The van der Waals surface area contributed by atoms with E-state index >= 15 is 0 Å². The maximum Gasteiger partial charge on any atom is 0.260 e. The van der Waals surface area contributed by atoms with Gasteiger partial charge in [0, 0.05) is 24.5 Å². The van der Waals surface area contributed by atoms with Crippen molar-refractivity contribution < 1.29 is 4.52 Å². The van der Waals surface area contributed by atoms with E-state index in [2.05, 4.69) is 15.1 Å². The summed E-state index contributed by atoms with van der Waals surface area (Å²) in [6.07, 6.45) is 4.11. The van der Waals surface area contributed by atoms with Crippen molar-refractivity contribution in [3.63, 3.8) is 0 Å². The second-order valence-electron chi connectivity index (χ2n) is 4.64. The molecule has 2 N–H and O–H groups in total. The summed E-state index contributed by atoms with van der Waals surface area (Å²) in [4.78, 5) is 8.46. The van der Waals surface area contributed by atoms with Crippen LogP contribution in [-0.4, -0.2) is 15.1 Å². The van der Waals surface area contributed by atoms with Gasteiger partial charge in [-0.3, -0.25) is 4.98 Å². The van der Waals surface area contributed by atoms with E-state index < -0.39 is 0 Å². The predicted octanol–water partition coefficient (Wildman–Crippen LogP) is 2.61. The molecule has 3 aromatic rings. The van der Waals surface area contributed by atoms with Crippen LogP contribution in [0.1, 0.15) is 17.0 Å². The van der Waals surface area contributed by atoms with Crippen LogP contribution in [0.3, 0.4) is 0 Å². The molecule has 0 fully saturated rings. The molecule has 0 aliphatic heterocycles. The Labute approximate surface area is 116 Å². The van der Waals surface area contributed by atoms with Crippen LogP contribution >= 0.6 is 0 Å². The Hall–Kier alpha value is -2.69. The van der Waals surface area contributed by atoms with Crippen molar-refractivity contribution in [1.82, 2.24) is 15.1 Å². The molecule has 2 aromatic heterocycles. The molecular weight excluding hydrogens is 252 g/mol. The van der Waals surface area contributed by atoms with Gasteiger partial charge >= 0.3 is 0 Å². The van der Waals surface area contributed by atoms with E-state index in [1.807, 2.05) is 37.3 Å². The molecule has 0 radical (unpaired) electrons. The van der Waals surface area contributed by atoms with Crippen LogP contribution in [0.2, 0.25) is 0 Å². The van der Waals surface area contributed by atoms with Crippen LogP contribution < -0.4 is 5.73 Å². The van der Waals surface area contributed by atoms with Crippen molar-refractivity contribution in [3.05, 3.63) is 59.7 Å². The summed E-state index contributed by atoms with van der Waals surface area (Å²) in [5.41, 5.74) is 9.49. The van der Waals surface area contributed by atoms with Crippen LogP contribution in [0.25, 0.3) is 11.5 Å². The molecule has 0 saturated heterocycles. The van der Waals surface area contributed by atoms with E-state index in [0.717, 1.165) is 16.7 Å². The summed E-state index contributed by atoms with van der Waals surface area (Å²) in [7, 11) is 0. The van der Waals surface area contributed by atoms with Crippen molar-refractivity contribution >= 4 is 5.69 Å². The lowest BCUT2D eigenvalue weighted by Crippen LogP contribution is -1.93. The molecule has 0 aliphatic carbocycles. The first-order valence-corrected chi connectivity index (χ1v) is 6.30. The fraction of sp³-hybridized carbons (Fsp3) is 0.133. The fourth-order valence-corrected chi connectivity index (χ4v) is 1.98. The van der Waals surface area contributed by atoms with E-state index in [1.54, 1.807) is 12.4 Å². The van der Waals surface area contributed by atoms with E-state index in [9.17, 15) is 0 Å². The molecule has 5 heteroatoms. The minimum Gasteiger partial charge on any atom is -0.398 e. The van der Waals surface area contributed by atoms with Crippen molar-refractivity contribution in [1.29, 1.82) is 0 Å². The first-order chi connectivity index (χ1) is 9.72. The second kappa shape index (κ2) is 5.13. The molecule has 0 amide bonds. The number of pyridine rings is 1. The number of rotatable bonds is 3. The standard InChI is InChI=1S/C15H14N4O/c1-10-4-5-13(16)12(7-10)15-18-14(19-20-15)8-11-3-2-6-17-9-11/h2-7,9H,8,16H2,1H3. The van der Waals surface area contributed by atoms with Crippen molar-refractivity contribution in [2.24, 2.45) is 0 Å². The summed E-state index contributed by atoms with van der Waals surface area (Å²) in [6.45, 7) is 2.00. The Morgan fingerprint density at radius 3 is 2.95 bits per heavy atom. The maximum absolute atomic E-state index is 5.95. The van der Waals surface area contributed by atoms with Crippen LogP contribution in [0.5, 0.6) is 0 Å². The first-order valence-electron chi connectivity index (χ1n) is 6.30. The number of aromatic nitrogens is 3. The second-order valence-corrected chi connectivity index (χ2v) is 4.64. The zero-order valence-electron chi connectivity index (χ0n) is 11.1. The number of benzene rings is 1. The molecule has 0 atom stereocenters. The maximum atomic E-state index is 5.95. The van der Waals surface area contributed by atoms with E-state index in [1.165, 1.54) is 0 Å². The molecule has 5 nitrogen and oxygen atoms in total. The zero-order chi connectivity index (χ0) is 13.9. The Balaban J connectivity index is 1.88. The van der Waals surface area contributed by atoms with Gasteiger partial charge in [-0.15, -0.1) is 0 Å². The normalized spacial score (nSPS) is 10.7. The number of hydrogen-bond acceptors (Lipinski definition) is 5. The topological polar surface area (TPSA) is 77.8 Å². The third-order valence-corrected chi connectivity index (χ3v) is 2.99. The quantitative estimate of drug-likeness (QED) is 0.737. The third kappa shape index (κ3) is 2.51. The molecule has 0 spiro atoms. The van der Waals surface area contributed by atoms with Gasteiger partial charge < -0.3 is 10.3 Å². The highest BCUT2D eigenvalue weighted by molar-refractivity contribution is 5.70. The molecule has 1 aromatic carbocycles. The van der Waals surface area contributed by atoms with Gasteiger partial charge in [-0.25, -0.2) is 0 Å². The molecule has 20 heavy (non-hydrogen) atoms. The van der Waals surface area contributed by atoms with Gasteiger partial charge in [0.15, 0.2) is 5.82 Å². The summed E-state index contributed by atoms with van der Waals surface area (Å²) >= 11 is 0. The van der Waals surface area contributed by atoms with Crippen LogP contribution in [0.4, 0.5) is 5.69 Å². The number of nitrogens with two attached hydrogens (primary N) is 1. The van der Waals surface area contributed by atoms with Gasteiger partial charge in [0.05, 0.1) is 5.56 Å². The van der Waals surface area contributed by atoms with Gasteiger partial charge in [0.2, 0.25) is 0 Å². The molecule has 0 aliphatic rings. The fourth-order valence-electron chi connectivity index (χ4n) is 1.98. The molecule has 0 saturated carbocycles. The Kier molecular flexibility index (Phi) is 3.16. The predicted molar refractivity (Wildman–Crippen MR) is 75.9 cm³/mol. The SMILES string of the molecule is Cc1ccc(N)c(-c2nc(Cc3cccnc3)no2)c1. The largest absolute Gasteiger partial charge is 0.398 e. The molecular formula is C15H14N4O. The molecule has 100 valence electrons. The van der Waals surface area contributed by atoms with Gasteiger partial charge in [0.1, 0.15) is 0 Å². The van der Waals surface area contributed by atoms with Crippen LogP contribution in [-0.2, 0) is 6.42 Å². The van der Waals surface area contributed by atoms with Gasteiger partial charge in [-0.2, -0.15) is 4.98 Å². The highest BCUT2D eigenvalue weighted by Gasteiger charge is 2.12. The van der Waals surface area contributed by atoms with Gasteiger partial charge in [0.25, 0.3) is 5.89 Å². The van der Waals surface area contributed by atoms with E-state index in [0.29, 0.717) is 23.8 Å². The first kappa shape index (κ1) is 12.3. The van der Waals surface area contributed by atoms with E-state index in [-0.39, 0.29) is 0 Å². The molecule has 0 bridgehead atoms. The zero-order valence-corrected chi connectivity index (χ0v) is 11.1. The van der Waals surface area contributed by atoms with E-state index in [4.69, 9.17) is 10.3 Å². The van der Waals surface area contributed by atoms with Crippen molar-refractivity contribution in [2.45, 2.75) is 13.3 Å². The summed E-state index contributed by atoms with van der Waals surface area (Å²) in [5, 5.41) is 3.99. The monoisotopic (exact) mass is 266 g/mol. The highest BCUT2D eigenvalue weighted by Crippen LogP contribution is 2.25. The molecule has 2 heterocycles. The van der Waals surface area contributed by atoms with Crippen molar-refractivity contribution in [3.8, 4) is 11.5 Å². The van der Waals surface area contributed by atoms with Gasteiger partial charge in [-0.05, 0) is 30.7 Å². The minimum absolute atomic E-state index is 0.449. The number of aryl methyl sites for hydroxylation is 1. The minimum atomic E-state index is 0.449. The van der Waals surface area contributed by atoms with Crippen LogP contribution in [0, 0.1) is 6.92 Å². The Bertz CT molecular complexity index is 722. The third-order valence-electron chi connectivity index (χ3n) is 2.99. The average Bonchev–Trinajstić information content (AvgIpc) is 2.91. The van der Waals surface area contributed by atoms with Gasteiger partial charge in [-0.1, -0.05) is 22.9 Å². The number of anilines is 1. The number of nitrogen functional groups attached to an aromatic ring is 1. The average molecular weight is 266 g/mol. The number of hydrogen-bond donors (Lipinski definition) is 1. The summed E-state index contributed by atoms with van der Waals surface area (Å²) in [6, 6.07) is 9.59. The lowest BCUT2D eigenvalue weighted by molar-refractivity contribution is 0.424. The van der Waals surface area contributed by atoms with Crippen molar-refractivity contribution in [2.75, 3.05) is 5.73 Å². The smallest absolute Gasteiger partial charge is 0.260 e. The highest BCUT2D eigenvalue weighted by atomic mass is 16.5. The Morgan fingerprint density at radius 1 is 1.25 bits per heavy atom. The van der Waals surface area contributed by atoms with Crippen LogP contribution in [0.15, 0.2) is 47.2 Å². The lowest BCUT2D eigenvalue weighted by Gasteiger charge is -2.01. The summed E-state index contributed by atoms with van der Waals surface area (Å²) < 4.78 is 5.30. The Morgan fingerprint density at radius 2 is 2.15 bits per heavy atom. The molecule has 3 rings (SSSR count). The summed E-state index contributed by atoms with van der Waals surface area (Å²) in [5.74, 6) is 1.07. The number of nitrogens with zero attached hydrogens (tertiary/aromatic N) is 3. The lowest BCUT2D eigenvalue weighted by atomic mass is 10.1.